The van der Waals surface area contributed by atoms with E-state index >= 15 is 0 Å². The molecule has 0 bridgehead atoms. The molecule has 1 rings (SSSR count). The second-order valence-electron chi connectivity index (χ2n) is 3.49. The van der Waals surface area contributed by atoms with E-state index in [-0.39, 0.29) is 0 Å². The van der Waals surface area contributed by atoms with Gasteiger partial charge in [-0.25, -0.2) is 4.98 Å². The highest BCUT2D eigenvalue weighted by molar-refractivity contribution is 4.78. The molecule has 0 aliphatic carbocycles. The molecule has 0 saturated carbocycles. The van der Waals surface area contributed by atoms with Crippen molar-refractivity contribution in [3.05, 3.63) is 18.7 Å². The number of hydrogen-bond donors (Lipinski definition) is 0. The number of hydrogen-bond acceptors (Lipinski definition) is 1. The van der Waals surface area contributed by atoms with Crippen LogP contribution in [0.3, 0.4) is 0 Å². The molecule has 0 aliphatic heterocycles. The van der Waals surface area contributed by atoms with Crippen molar-refractivity contribution in [3.8, 4) is 0 Å². The molecule has 0 amide bonds. The summed E-state index contributed by atoms with van der Waals surface area (Å²) >= 11 is 0. The first-order chi connectivity index (χ1) is 5.20. The van der Waals surface area contributed by atoms with E-state index in [2.05, 4.69) is 30.3 Å². The van der Waals surface area contributed by atoms with Gasteiger partial charge in [-0.2, -0.15) is 0 Å². The first-order valence-electron chi connectivity index (χ1n) is 4.17. The van der Waals surface area contributed by atoms with Crippen LogP contribution >= 0.6 is 0 Å². The lowest BCUT2D eigenvalue weighted by atomic mass is 10.1. The zero-order valence-corrected chi connectivity index (χ0v) is 7.49. The number of rotatable bonds is 3. The lowest BCUT2D eigenvalue weighted by Gasteiger charge is -2.14. The molecule has 1 unspecified atom stereocenters. The Kier molecular flexibility index (Phi) is 2.69. The van der Waals surface area contributed by atoms with Crippen LogP contribution in [-0.2, 0) is 0 Å². The average Bonchev–Trinajstić information content (AvgIpc) is 2.35. The maximum atomic E-state index is 4.01. The van der Waals surface area contributed by atoms with Gasteiger partial charge in [0.05, 0.1) is 6.33 Å². The van der Waals surface area contributed by atoms with Crippen molar-refractivity contribution in [2.75, 3.05) is 0 Å². The van der Waals surface area contributed by atoms with Gasteiger partial charge in [-0.15, -0.1) is 0 Å². The van der Waals surface area contributed by atoms with Gasteiger partial charge in [0.2, 0.25) is 0 Å². The van der Waals surface area contributed by atoms with Crippen LogP contribution < -0.4 is 0 Å². The minimum Gasteiger partial charge on any atom is -0.335 e. The summed E-state index contributed by atoms with van der Waals surface area (Å²) in [5, 5.41) is 0. The van der Waals surface area contributed by atoms with Gasteiger partial charge < -0.3 is 4.57 Å². The molecule has 62 valence electrons. The van der Waals surface area contributed by atoms with Crippen LogP contribution in [0.25, 0.3) is 0 Å². The molecule has 1 heterocycles. The zero-order chi connectivity index (χ0) is 8.27. The Balaban J connectivity index is 2.49. The van der Waals surface area contributed by atoms with Gasteiger partial charge in [0.15, 0.2) is 0 Å². The highest BCUT2D eigenvalue weighted by Gasteiger charge is 2.04. The SMILES string of the molecule is CC(C)CC(C)n1ccnc1. The van der Waals surface area contributed by atoms with Crippen LogP contribution in [0, 0.1) is 5.92 Å². The van der Waals surface area contributed by atoms with Crippen molar-refractivity contribution in [2.24, 2.45) is 5.92 Å². The lowest BCUT2D eigenvalue weighted by Crippen LogP contribution is -2.05. The highest BCUT2D eigenvalue weighted by Crippen LogP contribution is 2.15. The Bertz CT molecular complexity index is 189. The Morgan fingerprint density at radius 1 is 1.36 bits per heavy atom. The molecule has 0 N–H and O–H groups in total. The lowest BCUT2D eigenvalue weighted by molar-refractivity contribution is 0.427. The zero-order valence-electron chi connectivity index (χ0n) is 7.49. The summed E-state index contributed by atoms with van der Waals surface area (Å²) < 4.78 is 2.15. The van der Waals surface area contributed by atoms with Gasteiger partial charge in [0.25, 0.3) is 0 Å². The highest BCUT2D eigenvalue weighted by atomic mass is 15.0. The monoisotopic (exact) mass is 152 g/mol. The molecule has 0 fully saturated rings. The van der Waals surface area contributed by atoms with E-state index in [0.29, 0.717) is 6.04 Å². The number of imidazole rings is 1. The molecule has 1 aromatic rings. The fourth-order valence-electron chi connectivity index (χ4n) is 1.33. The normalized spacial score (nSPS) is 13.8. The minimum absolute atomic E-state index is 0.581. The Hall–Kier alpha value is -0.790. The molecule has 2 heteroatoms. The standard InChI is InChI=1S/C9H16N2/c1-8(2)6-9(3)11-5-4-10-7-11/h4-5,7-9H,6H2,1-3H3. The Morgan fingerprint density at radius 2 is 2.09 bits per heavy atom. The van der Waals surface area contributed by atoms with Crippen LogP contribution in [-0.4, -0.2) is 9.55 Å². The van der Waals surface area contributed by atoms with E-state index in [4.69, 9.17) is 0 Å². The van der Waals surface area contributed by atoms with E-state index in [0.717, 1.165) is 5.92 Å². The van der Waals surface area contributed by atoms with Gasteiger partial charge in [-0.05, 0) is 19.3 Å². The summed E-state index contributed by atoms with van der Waals surface area (Å²) in [7, 11) is 0. The third-order valence-corrected chi connectivity index (χ3v) is 1.85. The Morgan fingerprint density at radius 3 is 2.55 bits per heavy atom. The third-order valence-electron chi connectivity index (χ3n) is 1.85. The van der Waals surface area contributed by atoms with Crippen molar-refractivity contribution < 1.29 is 0 Å². The fraction of sp³-hybridized carbons (Fsp3) is 0.667. The van der Waals surface area contributed by atoms with Crippen molar-refractivity contribution in [3.63, 3.8) is 0 Å². The average molecular weight is 152 g/mol. The molecule has 0 saturated heterocycles. The molecule has 0 aromatic carbocycles. The minimum atomic E-state index is 0.581. The quantitative estimate of drug-likeness (QED) is 0.650. The van der Waals surface area contributed by atoms with E-state index in [1.54, 1.807) is 0 Å². The first-order valence-corrected chi connectivity index (χ1v) is 4.17. The molecule has 11 heavy (non-hydrogen) atoms. The van der Waals surface area contributed by atoms with Gasteiger partial charge in [-0.3, -0.25) is 0 Å². The number of nitrogens with zero attached hydrogens (tertiary/aromatic N) is 2. The topological polar surface area (TPSA) is 17.8 Å². The van der Waals surface area contributed by atoms with Crippen molar-refractivity contribution in [1.29, 1.82) is 0 Å². The van der Waals surface area contributed by atoms with Gasteiger partial charge in [0.1, 0.15) is 0 Å². The summed E-state index contributed by atoms with van der Waals surface area (Å²) in [5.74, 6) is 0.757. The molecule has 1 aromatic heterocycles. The number of aromatic nitrogens is 2. The summed E-state index contributed by atoms with van der Waals surface area (Å²) in [6, 6.07) is 0.581. The maximum absolute atomic E-state index is 4.01. The van der Waals surface area contributed by atoms with Crippen LogP contribution in [0.4, 0.5) is 0 Å². The van der Waals surface area contributed by atoms with Crippen molar-refractivity contribution in [2.45, 2.75) is 33.2 Å². The van der Waals surface area contributed by atoms with E-state index < -0.39 is 0 Å². The van der Waals surface area contributed by atoms with Gasteiger partial charge in [0, 0.05) is 18.4 Å². The fourth-order valence-corrected chi connectivity index (χ4v) is 1.33. The van der Waals surface area contributed by atoms with Crippen molar-refractivity contribution >= 4 is 0 Å². The summed E-state index contributed by atoms with van der Waals surface area (Å²) in [4.78, 5) is 4.01. The summed E-state index contributed by atoms with van der Waals surface area (Å²) in [6.07, 6.45) is 6.95. The molecule has 0 aliphatic rings. The second-order valence-corrected chi connectivity index (χ2v) is 3.49. The van der Waals surface area contributed by atoms with E-state index in [1.807, 2.05) is 18.7 Å². The predicted molar refractivity (Wildman–Crippen MR) is 46.4 cm³/mol. The third kappa shape index (κ3) is 2.37. The first kappa shape index (κ1) is 8.31. The van der Waals surface area contributed by atoms with Crippen LogP contribution in [0.2, 0.25) is 0 Å². The van der Waals surface area contributed by atoms with Crippen molar-refractivity contribution in [1.82, 2.24) is 9.55 Å². The Labute approximate surface area is 68.3 Å². The smallest absolute Gasteiger partial charge is 0.0948 e. The maximum Gasteiger partial charge on any atom is 0.0948 e. The van der Waals surface area contributed by atoms with E-state index in [9.17, 15) is 0 Å². The molecule has 0 spiro atoms. The van der Waals surface area contributed by atoms with Gasteiger partial charge >= 0.3 is 0 Å². The summed E-state index contributed by atoms with van der Waals surface area (Å²) in [6.45, 7) is 6.71. The van der Waals surface area contributed by atoms with Crippen LogP contribution in [0.5, 0.6) is 0 Å². The van der Waals surface area contributed by atoms with Crippen LogP contribution in [0.1, 0.15) is 33.2 Å². The second kappa shape index (κ2) is 3.56. The molecule has 0 radical (unpaired) electrons. The summed E-state index contributed by atoms with van der Waals surface area (Å²) in [5.41, 5.74) is 0. The molecule has 2 nitrogen and oxygen atoms in total. The molecular weight excluding hydrogens is 136 g/mol. The van der Waals surface area contributed by atoms with Crippen LogP contribution in [0.15, 0.2) is 18.7 Å². The predicted octanol–water partition coefficient (Wildman–Crippen LogP) is 2.49. The largest absolute Gasteiger partial charge is 0.335 e. The molecular formula is C9H16N2. The molecule has 1 atom stereocenters. The van der Waals surface area contributed by atoms with Gasteiger partial charge in [-0.1, -0.05) is 13.8 Å². The van der Waals surface area contributed by atoms with E-state index in [1.165, 1.54) is 6.42 Å².